The number of hydrogen-bond acceptors (Lipinski definition) is 1. The molecule has 2 atom stereocenters. The minimum atomic E-state index is 0.336. The van der Waals surface area contributed by atoms with Gasteiger partial charge in [0, 0.05) is 11.1 Å². The van der Waals surface area contributed by atoms with Crippen LogP contribution >= 0.6 is 0 Å². The molecular formula is C23H26N2O+2. The Kier molecular flexibility index (Phi) is 5.00. The van der Waals surface area contributed by atoms with E-state index >= 15 is 0 Å². The molecule has 1 saturated heterocycles. The summed E-state index contributed by atoms with van der Waals surface area (Å²) in [5, 5.41) is 10.0. The van der Waals surface area contributed by atoms with Crippen LogP contribution in [0.4, 0.5) is 0 Å². The number of hydrogen-bond donors (Lipinski definition) is 3. The molecule has 3 aromatic rings. The molecule has 0 bridgehead atoms. The predicted octanol–water partition coefficient (Wildman–Crippen LogP) is 1.57. The maximum Gasteiger partial charge on any atom is 0.241 e. The van der Waals surface area contributed by atoms with Gasteiger partial charge in [0.25, 0.3) is 0 Å². The van der Waals surface area contributed by atoms with Gasteiger partial charge in [0.15, 0.2) is 0 Å². The lowest BCUT2D eigenvalue weighted by Gasteiger charge is -2.25. The van der Waals surface area contributed by atoms with Crippen molar-refractivity contribution in [2.75, 3.05) is 13.1 Å². The molecule has 0 saturated carbocycles. The van der Waals surface area contributed by atoms with Gasteiger partial charge >= 0.3 is 0 Å². The summed E-state index contributed by atoms with van der Waals surface area (Å²) in [6.07, 6.45) is 0.336. The summed E-state index contributed by atoms with van der Waals surface area (Å²) in [5.74, 6) is 0.354. The third kappa shape index (κ3) is 3.79. The van der Waals surface area contributed by atoms with Crippen LogP contribution in [0.25, 0.3) is 0 Å². The minimum absolute atomic E-state index is 0.336. The molecule has 4 rings (SSSR count). The smallest absolute Gasteiger partial charge is 0.241 e. The Labute approximate surface area is 155 Å². The molecule has 3 N–H and O–H groups in total. The van der Waals surface area contributed by atoms with E-state index in [1.54, 1.807) is 15.9 Å². The monoisotopic (exact) mass is 346 g/mol. The van der Waals surface area contributed by atoms with Gasteiger partial charge in [0.1, 0.15) is 31.9 Å². The van der Waals surface area contributed by atoms with Crippen LogP contribution < -0.4 is 9.80 Å². The molecule has 0 radical (unpaired) electrons. The van der Waals surface area contributed by atoms with Crippen LogP contribution in [-0.2, 0) is 13.1 Å². The summed E-state index contributed by atoms with van der Waals surface area (Å²) in [7, 11) is 0. The van der Waals surface area contributed by atoms with Crippen molar-refractivity contribution >= 4 is 0 Å². The zero-order valence-corrected chi connectivity index (χ0v) is 14.9. The Bertz CT molecular complexity index is 786. The number of aromatic hydroxyl groups is 1. The number of benzene rings is 3. The summed E-state index contributed by atoms with van der Waals surface area (Å²) in [6.45, 7) is 4.30. The van der Waals surface area contributed by atoms with Gasteiger partial charge in [-0.1, -0.05) is 66.7 Å². The Balaban J connectivity index is 1.61. The Morgan fingerprint density at radius 2 is 1.23 bits per heavy atom. The third-order valence-electron chi connectivity index (χ3n) is 5.34. The second-order valence-electron chi connectivity index (χ2n) is 7.17. The van der Waals surface area contributed by atoms with Gasteiger partial charge in [-0.2, -0.15) is 0 Å². The molecule has 3 nitrogen and oxygen atoms in total. The molecule has 3 aromatic carbocycles. The van der Waals surface area contributed by atoms with Crippen LogP contribution in [-0.4, -0.2) is 18.2 Å². The number of quaternary nitrogens is 2. The lowest BCUT2D eigenvalue weighted by Crippen LogP contribution is -3.22. The number of phenolic OH excluding ortho intramolecular Hbond substituents is 1. The van der Waals surface area contributed by atoms with Gasteiger partial charge in [-0.3, -0.25) is 9.80 Å². The first-order chi connectivity index (χ1) is 12.8. The fourth-order valence-electron chi connectivity index (χ4n) is 4.17. The Hall–Kier alpha value is -2.62. The average molecular weight is 346 g/mol. The van der Waals surface area contributed by atoms with Crippen molar-refractivity contribution < 1.29 is 14.9 Å². The van der Waals surface area contributed by atoms with Crippen molar-refractivity contribution in [3.05, 3.63) is 102 Å². The highest BCUT2D eigenvalue weighted by Gasteiger charge is 2.40. The lowest BCUT2D eigenvalue weighted by atomic mass is 10.1. The molecule has 0 aliphatic carbocycles. The Morgan fingerprint density at radius 1 is 0.692 bits per heavy atom. The maximum atomic E-state index is 10.0. The summed E-state index contributed by atoms with van der Waals surface area (Å²) in [6, 6.07) is 29.3. The first kappa shape index (κ1) is 16.8. The minimum Gasteiger partial charge on any atom is -0.508 e. The molecule has 1 heterocycles. The van der Waals surface area contributed by atoms with Gasteiger partial charge in [0.05, 0.1) is 5.56 Å². The molecule has 132 valence electrons. The van der Waals surface area contributed by atoms with Crippen molar-refractivity contribution in [3.63, 3.8) is 0 Å². The molecule has 3 heteroatoms. The second kappa shape index (κ2) is 7.73. The zero-order valence-electron chi connectivity index (χ0n) is 14.9. The van der Waals surface area contributed by atoms with Crippen LogP contribution in [0.2, 0.25) is 0 Å². The van der Waals surface area contributed by atoms with Crippen molar-refractivity contribution in [1.29, 1.82) is 0 Å². The molecular weight excluding hydrogens is 320 g/mol. The maximum absolute atomic E-state index is 10.0. The third-order valence-corrected chi connectivity index (χ3v) is 5.34. The van der Waals surface area contributed by atoms with E-state index < -0.39 is 0 Å². The zero-order chi connectivity index (χ0) is 17.8. The van der Waals surface area contributed by atoms with E-state index in [-0.39, 0.29) is 0 Å². The molecule has 1 aliphatic heterocycles. The molecule has 0 amide bonds. The Morgan fingerprint density at radius 3 is 1.73 bits per heavy atom. The number of phenols is 1. The molecule has 1 fully saturated rings. The van der Waals surface area contributed by atoms with Crippen molar-refractivity contribution in [1.82, 2.24) is 0 Å². The standard InChI is InChI=1S/C23H24N2O/c26-22-13-7-12-21(16-22)23-24(17-19-8-3-1-4-9-19)14-15-25(23)18-20-10-5-2-6-11-20/h1-13,16,23,26H,14-15,17-18H2/p+2. The highest BCUT2D eigenvalue weighted by atomic mass is 16.3. The van der Waals surface area contributed by atoms with E-state index in [1.807, 2.05) is 12.1 Å². The van der Waals surface area contributed by atoms with Gasteiger partial charge in [-0.05, 0) is 18.2 Å². The summed E-state index contributed by atoms with van der Waals surface area (Å²) < 4.78 is 0. The average Bonchev–Trinajstić information content (AvgIpc) is 3.05. The van der Waals surface area contributed by atoms with E-state index in [2.05, 4.69) is 66.7 Å². The van der Waals surface area contributed by atoms with Gasteiger partial charge < -0.3 is 5.11 Å². The largest absolute Gasteiger partial charge is 0.508 e. The molecule has 26 heavy (non-hydrogen) atoms. The second-order valence-corrected chi connectivity index (χ2v) is 7.17. The molecule has 0 aromatic heterocycles. The van der Waals surface area contributed by atoms with E-state index in [4.69, 9.17) is 0 Å². The van der Waals surface area contributed by atoms with Crippen LogP contribution in [0.1, 0.15) is 22.9 Å². The van der Waals surface area contributed by atoms with E-state index in [0.717, 1.165) is 26.2 Å². The van der Waals surface area contributed by atoms with Crippen molar-refractivity contribution in [2.24, 2.45) is 0 Å². The number of rotatable bonds is 5. The van der Waals surface area contributed by atoms with E-state index in [0.29, 0.717) is 11.9 Å². The molecule has 2 unspecified atom stereocenters. The van der Waals surface area contributed by atoms with Gasteiger partial charge in [-0.15, -0.1) is 0 Å². The number of nitrogens with one attached hydrogen (secondary N) is 2. The van der Waals surface area contributed by atoms with E-state index in [9.17, 15) is 5.11 Å². The fraction of sp³-hybridized carbons (Fsp3) is 0.217. The quantitative estimate of drug-likeness (QED) is 0.643. The first-order valence-corrected chi connectivity index (χ1v) is 9.35. The molecule has 1 aliphatic rings. The first-order valence-electron chi connectivity index (χ1n) is 9.35. The highest BCUT2D eigenvalue weighted by molar-refractivity contribution is 5.28. The SMILES string of the molecule is Oc1cccc(C2[NH+](Cc3ccccc3)CC[NH+]2Cc2ccccc2)c1. The van der Waals surface area contributed by atoms with Crippen LogP contribution in [0.15, 0.2) is 84.9 Å². The fourth-order valence-corrected chi connectivity index (χ4v) is 4.17. The normalized spacial score (nSPS) is 22.4. The van der Waals surface area contributed by atoms with Gasteiger partial charge in [-0.25, -0.2) is 0 Å². The molecule has 0 spiro atoms. The summed E-state index contributed by atoms with van der Waals surface area (Å²) in [4.78, 5) is 3.13. The predicted molar refractivity (Wildman–Crippen MR) is 103 cm³/mol. The van der Waals surface area contributed by atoms with Crippen LogP contribution in [0, 0.1) is 0 Å². The lowest BCUT2D eigenvalue weighted by molar-refractivity contribution is -1.09. The van der Waals surface area contributed by atoms with Gasteiger partial charge in [0.2, 0.25) is 6.17 Å². The van der Waals surface area contributed by atoms with Crippen molar-refractivity contribution in [2.45, 2.75) is 19.3 Å². The topological polar surface area (TPSA) is 29.1 Å². The highest BCUT2D eigenvalue weighted by Crippen LogP contribution is 2.15. The van der Waals surface area contributed by atoms with Crippen LogP contribution in [0.5, 0.6) is 5.75 Å². The summed E-state index contributed by atoms with van der Waals surface area (Å²) in [5.41, 5.74) is 3.96. The van der Waals surface area contributed by atoms with E-state index in [1.165, 1.54) is 16.7 Å². The van der Waals surface area contributed by atoms with Crippen LogP contribution in [0.3, 0.4) is 0 Å². The van der Waals surface area contributed by atoms with Crippen molar-refractivity contribution in [3.8, 4) is 5.75 Å². The summed E-state index contributed by atoms with van der Waals surface area (Å²) >= 11 is 0.